The van der Waals surface area contributed by atoms with Crippen molar-refractivity contribution < 1.29 is 10.2 Å². The van der Waals surface area contributed by atoms with Gasteiger partial charge in [-0.25, -0.2) is 0 Å². The summed E-state index contributed by atoms with van der Waals surface area (Å²) in [5.41, 5.74) is 0. The van der Waals surface area contributed by atoms with Crippen LogP contribution in [0.25, 0.3) is 0 Å². The molecule has 2 nitrogen and oxygen atoms in total. The molecule has 0 saturated heterocycles. The van der Waals surface area contributed by atoms with Gasteiger partial charge >= 0.3 is 0 Å². The standard InChI is InChI=1S/C8H18O2/c1-5-7(4)8(9,10)6(2)3/h6-7,9-10H,5H2,1-4H3. The van der Waals surface area contributed by atoms with Crippen LogP contribution in [0, 0.1) is 11.8 Å². The highest BCUT2D eigenvalue weighted by Gasteiger charge is 2.32. The molecule has 1 atom stereocenters. The molecule has 0 aromatic heterocycles. The molecule has 0 aliphatic rings. The maximum atomic E-state index is 9.42. The fraction of sp³-hybridized carbons (Fsp3) is 1.00. The molecule has 0 radical (unpaired) electrons. The van der Waals surface area contributed by atoms with Crippen LogP contribution in [0.4, 0.5) is 0 Å². The zero-order valence-corrected chi connectivity index (χ0v) is 7.26. The minimum absolute atomic E-state index is 0.0486. The van der Waals surface area contributed by atoms with Crippen molar-refractivity contribution in [2.45, 2.75) is 39.9 Å². The molecule has 10 heavy (non-hydrogen) atoms. The van der Waals surface area contributed by atoms with E-state index >= 15 is 0 Å². The molecule has 0 aliphatic carbocycles. The zero-order chi connectivity index (χ0) is 8.36. The third-order valence-electron chi connectivity index (χ3n) is 2.19. The molecular formula is C8H18O2. The Kier molecular flexibility index (Phi) is 3.33. The molecule has 1 unspecified atom stereocenters. The second-order valence-electron chi connectivity index (χ2n) is 3.25. The van der Waals surface area contributed by atoms with E-state index in [-0.39, 0.29) is 11.8 Å². The van der Waals surface area contributed by atoms with Crippen LogP contribution in [-0.2, 0) is 0 Å². The Balaban J connectivity index is 4.09. The zero-order valence-electron chi connectivity index (χ0n) is 7.26. The lowest BCUT2D eigenvalue weighted by Crippen LogP contribution is -2.41. The van der Waals surface area contributed by atoms with Crippen LogP contribution < -0.4 is 0 Å². The minimum Gasteiger partial charge on any atom is -0.365 e. The first-order valence-electron chi connectivity index (χ1n) is 3.87. The largest absolute Gasteiger partial charge is 0.365 e. The summed E-state index contributed by atoms with van der Waals surface area (Å²) in [5.74, 6) is -1.63. The summed E-state index contributed by atoms with van der Waals surface area (Å²) in [5, 5.41) is 18.8. The Morgan fingerprint density at radius 1 is 1.20 bits per heavy atom. The number of hydrogen-bond acceptors (Lipinski definition) is 2. The highest BCUT2D eigenvalue weighted by atomic mass is 16.5. The molecule has 0 saturated carbocycles. The molecule has 0 rings (SSSR count). The maximum absolute atomic E-state index is 9.42. The van der Waals surface area contributed by atoms with Crippen molar-refractivity contribution in [1.29, 1.82) is 0 Å². The van der Waals surface area contributed by atoms with E-state index < -0.39 is 5.79 Å². The van der Waals surface area contributed by atoms with E-state index in [4.69, 9.17) is 0 Å². The van der Waals surface area contributed by atoms with Gasteiger partial charge in [0.2, 0.25) is 0 Å². The van der Waals surface area contributed by atoms with Gasteiger partial charge in [0.15, 0.2) is 5.79 Å². The Bertz CT molecular complexity index is 97.4. The van der Waals surface area contributed by atoms with Crippen molar-refractivity contribution in [2.75, 3.05) is 0 Å². The van der Waals surface area contributed by atoms with E-state index in [1.54, 1.807) is 0 Å². The molecule has 62 valence electrons. The predicted octanol–water partition coefficient (Wildman–Crippen LogP) is 1.37. The number of aliphatic hydroxyl groups is 2. The van der Waals surface area contributed by atoms with Crippen LogP contribution in [0.15, 0.2) is 0 Å². The Hall–Kier alpha value is -0.0800. The van der Waals surface area contributed by atoms with Crippen molar-refractivity contribution in [3.05, 3.63) is 0 Å². The first-order valence-corrected chi connectivity index (χ1v) is 3.87. The summed E-state index contributed by atoms with van der Waals surface area (Å²) in [7, 11) is 0. The van der Waals surface area contributed by atoms with Crippen LogP contribution in [-0.4, -0.2) is 16.0 Å². The molecule has 2 N–H and O–H groups in total. The average Bonchev–Trinajstić information content (AvgIpc) is 1.86. The first kappa shape index (κ1) is 9.92. The van der Waals surface area contributed by atoms with Crippen LogP contribution in [0.5, 0.6) is 0 Å². The van der Waals surface area contributed by atoms with Crippen LogP contribution in [0.2, 0.25) is 0 Å². The second kappa shape index (κ2) is 3.35. The molecule has 0 aliphatic heterocycles. The summed E-state index contributed by atoms with van der Waals surface area (Å²) >= 11 is 0. The van der Waals surface area contributed by atoms with Gasteiger partial charge < -0.3 is 10.2 Å². The third kappa shape index (κ3) is 1.96. The molecule has 0 amide bonds. The van der Waals surface area contributed by atoms with Crippen molar-refractivity contribution in [1.82, 2.24) is 0 Å². The Morgan fingerprint density at radius 3 is 1.70 bits per heavy atom. The average molecular weight is 146 g/mol. The fourth-order valence-electron chi connectivity index (χ4n) is 0.869. The Morgan fingerprint density at radius 2 is 1.60 bits per heavy atom. The summed E-state index contributed by atoms with van der Waals surface area (Å²) in [6, 6.07) is 0. The summed E-state index contributed by atoms with van der Waals surface area (Å²) in [4.78, 5) is 0. The predicted molar refractivity (Wildman–Crippen MR) is 41.5 cm³/mol. The van der Waals surface area contributed by atoms with Crippen LogP contribution in [0.1, 0.15) is 34.1 Å². The molecule has 0 bridgehead atoms. The Labute approximate surface area is 62.9 Å². The van der Waals surface area contributed by atoms with Gasteiger partial charge in [-0.05, 0) is 6.42 Å². The summed E-state index contributed by atoms with van der Waals surface area (Å²) in [6.07, 6.45) is 0.797. The molecule has 0 fully saturated rings. The van der Waals surface area contributed by atoms with Crippen LogP contribution >= 0.6 is 0 Å². The second-order valence-corrected chi connectivity index (χ2v) is 3.25. The van der Waals surface area contributed by atoms with Crippen molar-refractivity contribution >= 4 is 0 Å². The minimum atomic E-state index is -1.49. The van der Waals surface area contributed by atoms with Gasteiger partial charge in [-0.1, -0.05) is 27.7 Å². The van der Waals surface area contributed by atoms with E-state index in [9.17, 15) is 10.2 Å². The highest BCUT2D eigenvalue weighted by molar-refractivity contribution is 4.74. The van der Waals surface area contributed by atoms with Crippen molar-refractivity contribution in [3.63, 3.8) is 0 Å². The maximum Gasteiger partial charge on any atom is 0.167 e. The molecule has 0 aromatic rings. The third-order valence-corrected chi connectivity index (χ3v) is 2.19. The molecule has 2 heteroatoms. The number of rotatable bonds is 3. The normalized spacial score (nSPS) is 15.9. The van der Waals surface area contributed by atoms with E-state index in [0.717, 1.165) is 6.42 Å². The van der Waals surface area contributed by atoms with Gasteiger partial charge in [0.05, 0.1) is 0 Å². The summed E-state index contributed by atoms with van der Waals surface area (Å²) < 4.78 is 0. The highest BCUT2D eigenvalue weighted by Crippen LogP contribution is 2.24. The lowest BCUT2D eigenvalue weighted by molar-refractivity contribution is -0.225. The van der Waals surface area contributed by atoms with Gasteiger partial charge in [0, 0.05) is 11.8 Å². The quantitative estimate of drug-likeness (QED) is 0.590. The van der Waals surface area contributed by atoms with Gasteiger partial charge in [0.25, 0.3) is 0 Å². The van der Waals surface area contributed by atoms with Gasteiger partial charge in [-0.2, -0.15) is 0 Å². The van der Waals surface area contributed by atoms with E-state index in [0.29, 0.717) is 0 Å². The first-order chi connectivity index (χ1) is 4.42. The molecule has 0 heterocycles. The summed E-state index contributed by atoms with van der Waals surface area (Å²) in [6.45, 7) is 7.42. The molecule has 0 spiro atoms. The van der Waals surface area contributed by atoms with Gasteiger partial charge in [-0.15, -0.1) is 0 Å². The molecular weight excluding hydrogens is 128 g/mol. The van der Waals surface area contributed by atoms with Gasteiger partial charge in [-0.3, -0.25) is 0 Å². The topological polar surface area (TPSA) is 40.5 Å². The van der Waals surface area contributed by atoms with E-state index in [1.165, 1.54) is 0 Å². The van der Waals surface area contributed by atoms with Crippen LogP contribution in [0.3, 0.4) is 0 Å². The lowest BCUT2D eigenvalue weighted by atomic mass is 9.89. The molecule has 0 aromatic carbocycles. The number of hydrogen-bond donors (Lipinski definition) is 2. The van der Waals surface area contributed by atoms with Gasteiger partial charge in [0.1, 0.15) is 0 Å². The van der Waals surface area contributed by atoms with E-state index in [2.05, 4.69) is 0 Å². The monoisotopic (exact) mass is 146 g/mol. The van der Waals surface area contributed by atoms with E-state index in [1.807, 2.05) is 27.7 Å². The fourth-order valence-corrected chi connectivity index (χ4v) is 0.869. The van der Waals surface area contributed by atoms with Crippen molar-refractivity contribution in [3.8, 4) is 0 Å². The van der Waals surface area contributed by atoms with Crippen molar-refractivity contribution in [2.24, 2.45) is 11.8 Å². The SMILES string of the molecule is CCC(C)C(O)(O)C(C)C. The lowest BCUT2D eigenvalue weighted by Gasteiger charge is -2.31. The smallest absolute Gasteiger partial charge is 0.167 e.